The van der Waals surface area contributed by atoms with Gasteiger partial charge in [-0.1, -0.05) is 11.6 Å². The summed E-state index contributed by atoms with van der Waals surface area (Å²) in [6.45, 7) is 2.70. The van der Waals surface area contributed by atoms with E-state index in [1.54, 1.807) is 18.2 Å². The second-order valence-corrected chi connectivity index (χ2v) is 10.0. The Balaban J connectivity index is 1.57. The van der Waals surface area contributed by atoms with Crippen LogP contribution in [-0.4, -0.2) is 29.4 Å². The lowest BCUT2D eigenvalue weighted by Crippen LogP contribution is -2.27. The number of carbonyl (C=O) groups excluding carboxylic acids is 2. The first-order valence-corrected chi connectivity index (χ1v) is 12.2. The third-order valence-corrected chi connectivity index (χ3v) is 7.21. The third kappa shape index (κ3) is 4.39. The smallest absolute Gasteiger partial charge is 0.293 e. The number of hydrogen-bond donors (Lipinski definition) is 0. The molecule has 2 aliphatic rings. The van der Waals surface area contributed by atoms with Crippen LogP contribution in [0.3, 0.4) is 0 Å². The SMILES string of the molecule is CCOc1c(I)cc(/C=C2\SC(=O)N(Cc3cc4c(cc3Cl)OCO4)C2=O)cc1I. The lowest BCUT2D eigenvalue weighted by Gasteiger charge is -2.14. The van der Waals surface area contributed by atoms with Crippen molar-refractivity contribution in [2.75, 3.05) is 13.4 Å². The molecule has 10 heteroatoms. The number of imide groups is 1. The van der Waals surface area contributed by atoms with Crippen molar-refractivity contribution < 1.29 is 23.8 Å². The molecule has 2 amide bonds. The van der Waals surface area contributed by atoms with E-state index in [2.05, 4.69) is 45.2 Å². The van der Waals surface area contributed by atoms with E-state index in [0.29, 0.717) is 33.6 Å². The van der Waals surface area contributed by atoms with E-state index in [-0.39, 0.29) is 24.5 Å². The topological polar surface area (TPSA) is 65.1 Å². The predicted octanol–water partition coefficient (Wildman–Crippen LogP) is 5.91. The van der Waals surface area contributed by atoms with E-state index in [0.717, 1.165) is 30.2 Å². The molecule has 2 aliphatic heterocycles. The molecule has 0 bridgehead atoms. The van der Waals surface area contributed by atoms with Gasteiger partial charge >= 0.3 is 0 Å². The van der Waals surface area contributed by atoms with Gasteiger partial charge in [-0.05, 0) is 99.3 Å². The van der Waals surface area contributed by atoms with Gasteiger partial charge in [0.15, 0.2) is 11.5 Å². The van der Waals surface area contributed by atoms with Gasteiger partial charge in [0.1, 0.15) is 5.75 Å². The van der Waals surface area contributed by atoms with Gasteiger partial charge in [0, 0.05) is 11.1 Å². The summed E-state index contributed by atoms with van der Waals surface area (Å²) in [4.78, 5) is 27.0. The molecule has 30 heavy (non-hydrogen) atoms. The summed E-state index contributed by atoms with van der Waals surface area (Å²) < 4.78 is 18.2. The Labute approximate surface area is 209 Å². The fourth-order valence-corrected chi connectivity index (χ4v) is 6.16. The number of thioether (sulfide) groups is 1. The highest BCUT2D eigenvalue weighted by molar-refractivity contribution is 14.1. The number of nitrogens with zero attached hydrogens (tertiary/aromatic N) is 1. The fraction of sp³-hybridized carbons (Fsp3) is 0.200. The first kappa shape index (κ1) is 22.0. The molecule has 0 saturated carbocycles. The van der Waals surface area contributed by atoms with Crippen LogP contribution >= 0.6 is 68.5 Å². The Morgan fingerprint density at radius 3 is 2.50 bits per heavy atom. The summed E-state index contributed by atoms with van der Waals surface area (Å²) in [5, 5.41) is 0.0770. The number of halogens is 3. The van der Waals surface area contributed by atoms with Crippen LogP contribution < -0.4 is 14.2 Å². The van der Waals surface area contributed by atoms with Crippen LogP contribution in [0.15, 0.2) is 29.2 Å². The predicted molar refractivity (Wildman–Crippen MR) is 132 cm³/mol. The zero-order chi connectivity index (χ0) is 21.4. The minimum atomic E-state index is -0.349. The second-order valence-electron chi connectivity index (χ2n) is 6.31. The lowest BCUT2D eigenvalue weighted by atomic mass is 10.1. The molecule has 0 N–H and O–H groups in total. The number of benzene rings is 2. The number of rotatable bonds is 5. The van der Waals surface area contributed by atoms with Crippen molar-refractivity contribution in [2.45, 2.75) is 13.5 Å². The molecule has 2 aromatic rings. The second kappa shape index (κ2) is 9.13. The third-order valence-electron chi connectivity index (χ3n) is 4.35. The average molecular weight is 670 g/mol. The maximum atomic E-state index is 12.9. The quantitative estimate of drug-likeness (QED) is 0.292. The van der Waals surface area contributed by atoms with Crippen molar-refractivity contribution in [3.05, 3.63) is 52.5 Å². The Morgan fingerprint density at radius 2 is 1.83 bits per heavy atom. The molecular weight excluding hydrogens is 656 g/mol. The van der Waals surface area contributed by atoms with E-state index in [9.17, 15) is 9.59 Å². The average Bonchev–Trinajstić information content (AvgIpc) is 3.24. The Kier molecular flexibility index (Phi) is 6.70. The van der Waals surface area contributed by atoms with Crippen LogP contribution in [-0.2, 0) is 11.3 Å². The first-order chi connectivity index (χ1) is 14.4. The van der Waals surface area contributed by atoms with Gasteiger partial charge in [-0.2, -0.15) is 0 Å². The van der Waals surface area contributed by atoms with Gasteiger partial charge < -0.3 is 14.2 Å². The van der Waals surface area contributed by atoms with Crippen LogP contribution in [0.25, 0.3) is 6.08 Å². The van der Waals surface area contributed by atoms with Crippen LogP contribution in [0.4, 0.5) is 4.79 Å². The minimum Gasteiger partial charge on any atom is -0.492 e. The number of ether oxygens (including phenoxy) is 3. The summed E-state index contributed by atoms with van der Waals surface area (Å²) in [5.74, 6) is 1.58. The van der Waals surface area contributed by atoms with Gasteiger partial charge in [0.25, 0.3) is 11.1 Å². The van der Waals surface area contributed by atoms with E-state index < -0.39 is 0 Å². The van der Waals surface area contributed by atoms with Crippen molar-refractivity contribution in [1.29, 1.82) is 0 Å². The maximum absolute atomic E-state index is 12.9. The van der Waals surface area contributed by atoms with E-state index in [1.807, 2.05) is 19.1 Å². The molecule has 1 saturated heterocycles. The highest BCUT2D eigenvalue weighted by Gasteiger charge is 2.35. The molecule has 0 spiro atoms. The van der Waals surface area contributed by atoms with Crippen LogP contribution in [0.1, 0.15) is 18.1 Å². The highest BCUT2D eigenvalue weighted by Crippen LogP contribution is 2.40. The van der Waals surface area contributed by atoms with Crippen LogP contribution in [0.2, 0.25) is 5.02 Å². The first-order valence-electron chi connectivity index (χ1n) is 8.82. The van der Waals surface area contributed by atoms with E-state index in [1.165, 1.54) is 4.90 Å². The molecule has 0 aromatic heterocycles. The number of fused-ring (bicyclic) bond motifs is 1. The van der Waals surface area contributed by atoms with Crippen LogP contribution in [0, 0.1) is 7.14 Å². The van der Waals surface area contributed by atoms with Gasteiger partial charge in [-0.15, -0.1) is 0 Å². The molecule has 0 atom stereocenters. The largest absolute Gasteiger partial charge is 0.492 e. The molecule has 156 valence electrons. The molecular formula is C20H14ClI2NO5S. The molecule has 6 nitrogen and oxygen atoms in total. The number of hydrogen-bond acceptors (Lipinski definition) is 6. The summed E-state index contributed by atoms with van der Waals surface area (Å²) in [5.41, 5.74) is 1.45. The van der Waals surface area contributed by atoms with E-state index in [4.69, 9.17) is 25.8 Å². The summed E-state index contributed by atoms with van der Waals surface area (Å²) in [6.07, 6.45) is 1.73. The van der Waals surface area contributed by atoms with Gasteiger partial charge in [-0.3, -0.25) is 14.5 Å². The Morgan fingerprint density at radius 1 is 1.17 bits per heavy atom. The van der Waals surface area contributed by atoms with Crippen molar-refractivity contribution >= 4 is 85.8 Å². The zero-order valence-corrected chi connectivity index (χ0v) is 21.4. The zero-order valence-electron chi connectivity index (χ0n) is 15.5. The summed E-state index contributed by atoms with van der Waals surface area (Å²) in [7, 11) is 0. The lowest BCUT2D eigenvalue weighted by molar-refractivity contribution is -0.123. The van der Waals surface area contributed by atoms with Crippen molar-refractivity contribution in [3.8, 4) is 17.2 Å². The molecule has 2 heterocycles. The van der Waals surface area contributed by atoms with Gasteiger partial charge in [0.05, 0.1) is 25.2 Å². The highest BCUT2D eigenvalue weighted by atomic mass is 127. The molecule has 0 unspecified atom stereocenters. The molecule has 2 aromatic carbocycles. The molecule has 0 radical (unpaired) electrons. The summed E-state index contributed by atoms with van der Waals surface area (Å²) in [6, 6.07) is 7.19. The molecule has 0 aliphatic carbocycles. The minimum absolute atomic E-state index is 0.0653. The van der Waals surface area contributed by atoms with Crippen molar-refractivity contribution in [1.82, 2.24) is 4.90 Å². The van der Waals surface area contributed by atoms with Gasteiger partial charge in [-0.25, -0.2) is 0 Å². The normalized spacial score (nSPS) is 16.7. The Hall–Kier alpha value is -1.18. The van der Waals surface area contributed by atoms with Crippen molar-refractivity contribution in [3.63, 3.8) is 0 Å². The number of carbonyl (C=O) groups is 2. The monoisotopic (exact) mass is 669 g/mol. The molecule has 4 rings (SSSR count). The fourth-order valence-electron chi connectivity index (χ4n) is 2.98. The van der Waals surface area contributed by atoms with Crippen LogP contribution in [0.5, 0.6) is 17.2 Å². The Bertz CT molecular complexity index is 1070. The molecule has 1 fully saturated rings. The summed E-state index contributed by atoms with van der Waals surface area (Å²) >= 11 is 11.6. The standard InChI is InChI=1S/C20H14ClI2NO5S/c1-2-27-18-13(22)3-10(4-14(18)23)5-17-19(25)24(20(26)30-17)8-11-6-15-16(7-12(11)21)29-9-28-15/h3-7H,2,8-9H2,1H3/b17-5-. The van der Waals surface area contributed by atoms with Gasteiger partial charge in [0.2, 0.25) is 6.79 Å². The van der Waals surface area contributed by atoms with E-state index >= 15 is 0 Å². The van der Waals surface area contributed by atoms with Crippen molar-refractivity contribution in [2.24, 2.45) is 0 Å². The number of amides is 2. The maximum Gasteiger partial charge on any atom is 0.293 e.